The number of aromatic nitrogens is 1. The van der Waals surface area contributed by atoms with E-state index in [0.717, 1.165) is 22.2 Å². The predicted molar refractivity (Wildman–Crippen MR) is 75.5 cm³/mol. The van der Waals surface area contributed by atoms with E-state index in [-0.39, 0.29) is 5.97 Å². The number of methoxy groups -OCH3 is 1. The highest BCUT2D eigenvalue weighted by Gasteiger charge is 2.12. The van der Waals surface area contributed by atoms with Crippen molar-refractivity contribution in [1.82, 2.24) is 4.98 Å². The van der Waals surface area contributed by atoms with Gasteiger partial charge in [0.2, 0.25) is 5.89 Å². The summed E-state index contributed by atoms with van der Waals surface area (Å²) in [7, 11) is 1.36. The van der Waals surface area contributed by atoms with Crippen molar-refractivity contribution < 1.29 is 13.9 Å². The molecule has 3 aromatic rings. The Balaban J connectivity index is 2.11. The Morgan fingerprint density at radius 1 is 1.20 bits per heavy atom. The Kier molecular flexibility index (Phi) is 2.99. The number of carbonyl (C=O) groups excluding carboxylic acids is 1. The summed E-state index contributed by atoms with van der Waals surface area (Å²) in [6.45, 7) is 1.99. The number of esters is 1. The molecule has 100 valence electrons. The van der Waals surface area contributed by atoms with Gasteiger partial charge in [-0.05, 0) is 36.8 Å². The number of carbonyl (C=O) groups is 1. The lowest BCUT2D eigenvalue weighted by molar-refractivity contribution is 0.0601. The molecule has 20 heavy (non-hydrogen) atoms. The van der Waals surface area contributed by atoms with Crippen LogP contribution in [0.4, 0.5) is 0 Å². The van der Waals surface area contributed by atoms with Crippen molar-refractivity contribution in [3.05, 3.63) is 53.6 Å². The molecule has 0 aliphatic carbocycles. The van der Waals surface area contributed by atoms with Gasteiger partial charge < -0.3 is 9.15 Å². The van der Waals surface area contributed by atoms with Crippen molar-refractivity contribution in [3.8, 4) is 11.5 Å². The van der Waals surface area contributed by atoms with E-state index in [9.17, 15) is 4.79 Å². The van der Waals surface area contributed by atoms with Gasteiger partial charge in [-0.15, -0.1) is 0 Å². The molecule has 0 saturated heterocycles. The maximum Gasteiger partial charge on any atom is 0.337 e. The number of benzene rings is 2. The second kappa shape index (κ2) is 4.81. The maximum atomic E-state index is 11.5. The van der Waals surface area contributed by atoms with Crippen LogP contribution in [0.25, 0.3) is 22.6 Å². The normalized spacial score (nSPS) is 10.7. The van der Waals surface area contributed by atoms with Crippen molar-refractivity contribution >= 4 is 17.1 Å². The fraction of sp³-hybridized carbons (Fsp3) is 0.125. The van der Waals surface area contributed by atoms with Gasteiger partial charge in [0, 0.05) is 5.56 Å². The fourth-order valence-electron chi connectivity index (χ4n) is 2.11. The van der Waals surface area contributed by atoms with Crippen molar-refractivity contribution in [3.63, 3.8) is 0 Å². The molecule has 0 amide bonds. The topological polar surface area (TPSA) is 52.3 Å². The van der Waals surface area contributed by atoms with Crippen molar-refractivity contribution in [2.75, 3.05) is 7.11 Å². The van der Waals surface area contributed by atoms with Crippen LogP contribution >= 0.6 is 0 Å². The van der Waals surface area contributed by atoms with E-state index in [0.29, 0.717) is 11.5 Å². The van der Waals surface area contributed by atoms with E-state index in [1.165, 1.54) is 7.11 Å². The second-order valence-corrected chi connectivity index (χ2v) is 4.51. The van der Waals surface area contributed by atoms with Crippen LogP contribution in [0, 0.1) is 6.92 Å². The molecule has 0 N–H and O–H groups in total. The standard InChI is InChI=1S/C16H13NO3/c1-10-5-3-8-13-14(10)17-15(20-13)11-6-4-7-12(9-11)16(18)19-2/h3-9H,1-2H3. The zero-order chi connectivity index (χ0) is 14.1. The van der Waals surface area contributed by atoms with Gasteiger partial charge in [-0.2, -0.15) is 0 Å². The van der Waals surface area contributed by atoms with Gasteiger partial charge in [-0.3, -0.25) is 0 Å². The highest BCUT2D eigenvalue weighted by molar-refractivity contribution is 5.90. The summed E-state index contributed by atoms with van der Waals surface area (Å²) in [5.41, 5.74) is 3.86. The summed E-state index contributed by atoms with van der Waals surface area (Å²) in [4.78, 5) is 16.0. The third-order valence-corrected chi connectivity index (χ3v) is 3.15. The van der Waals surface area contributed by atoms with Crippen LogP contribution in [-0.2, 0) is 4.74 Å². The van der Waals surface area contributed by atoms with Gasteiger partial charge in [0.05, 0.1) is 12.7 Å². The minimum Gasteiger partial charge on any atom is -0.465 e. The average molecular weight is 267 g/mol. The molecule has 4 nitrogen and oxygen atoms in total. The smallest absolute Gasteiger partial charge is 0.337 e. The first-order chi connectivity index (χ1) is 9.69. The van der Waals surface area contributed by atoms with Gasteiger partial charge in [0.15, 0.2) is 5.58 Å². The molecule has 0 aliphatic heterocycles. The van der Waals surface area contributed by atoms with E-state index in [2.05, 4.69) is 4.98 Å². The third-order valence-electron chi connectivity index (χ3n) is 3.15. The molecule has 0 bridgehead atoms. The minimum absolute atomic E-state index is 0.376. The summed E-state index contributed by atoms with van der Waals surface area (Å²) in [6, 6.07) is 12.8. The van der Waals surface area contributed by atoms with Gasteiger partial charge >= 0.3 is 5.97 Å². The number of hydrogen-bond acceptors (Lipinski definition) is 4. The molecule has 1 aromatic heterocycles. The molecule has 0 spiro atoms. The molecule has 0 saturated carbocycles. The third kappa shape index (κ3) is 2.05. The Labute approximate surface area is 116 Å². The van der Waals surface area contributed by atoms with E-state index in [1.54, 1.807) is 18.2 Å². The first kappa shape index (κ1) is 12.4. The molecule has 3 rings (SSSR count). The van der Waals surface area contributed by atoms with Crippen LogP contribution in [0.2, 0.25) is 0 Å². The Hall–Kier alpha value is -2.62. The highest BCUT2D eigenvalue weighted by Crippen LogP contribution is 2.26. The van der Waals surface area contributed by atoms with Crippen LogP contribution in [0.15, 0.2) is 46.9 Å². The molecule has 0 radical (unpaired) electrons. The molecule has 4 heteroatoms. The lowest BCUT2D eigenvalue weighted by Gasteiger charge is -2.00. The molecule has 0 unspecified atom stereocenters. The average Bonchev–Trinajstić information content (AvgIpc) is 2.92. The number of aryl methyl sites for hydroxylation is 1. The minimum atomic E-state index is -0.376. The first-order valence-corrected chi connectivity index (χ1v) is 6.24. The highest BCUT2D eigenvalue weighted by atomic mass is 16.5. The van der Waals surface area contributed by atoms with Crippen LogP contribution in [0.3, 0.4) is 0 Å². The Morgan fingerprint density at radius 3 is 2.75 bits per heavy atom. The van der Waals surface area contributed by atoms with Gasteiger partial charge in [-0.1, -0.05) is 18.2 Å². The molecule has 0 atom stereocenters. The van der Waals surface area contributed by atoms with Crippen LogP contribution in [0.1, 0.15) is 15.9 Å². The van der Waals surface area contributed by atoms with Crippen LogP contribution in [-0.4, -0.2) is 18.1 Å². The van der Waals surface area contributed by atoms with Crippen LogP contribution in [0.5, 0.6) is 0 Å². The second-order valence-electron chi connectivity index (χ2n) is 4.51. The van der Waals surface area contributed by atoms with Gasteiger partial charge in [-0.25, -0.2) is 9.78 Å². The lowest BCUT2D eigenvalue weighted by Crippen LogP contribution is -2.00. The first-order valence-electron chi connectivity index (χ1n) is 6.24. The van der Waals surface area contributed by atoms with E-state index < -0.39 is 0 Å². The molecule has 2 aromatic carbocycles. The molecule has 1 heterocycles. The zero-order valence-corrected chi connectivity index (χ0v) is 11.2. The predicted octanol–water partition coefficient (Wildman–Crippen LogP) is 3.59. The number of ether oxygens (including phenoxy) is 1. The lowest BCUT2D eigenvalue weighted by atomic mass is 10.1. The zero-order valence-electron chi connectivity index (χ0n) is 11.2. The molecule has 0 fully saturated rings. The van der Waals surface area contributed by atoms with Gasteiger partial charge in [0.1, 0.15) is 5.52 Å². The van der Waals surface area contributed by atoms with Gasteiger partial charge in [0.25, 0.3) is 0 Å². The summed E-state index contributed by atoms with van der Waals surface area (Å²) in [5, 5.41) is 0. The van der Waals surface area contributed by atoms with Crippen molar-refractivity contribution in [2.45, 2.75) is 6.92 Å². The quantitative estimate of drug-likeness (QED) is 0.666. The maximum absolute atomic E-state index is 11.5. The molecular weight excluding hydrogens is 254 g/mol. The summed E-state index contributed by atoms with van der Waals surface area (Å²) >= 11 is 0. The van der Waals surface area contributed by atoms with Crippen molar-refractivity contribution in [2.24, 2.45) is 0 Å². The summed E-state index contributed by atoms with van der Waals surface area (Å²) in [6.07, 6.45) is 0. The van der Waals surface area contributed by atoms with E-state index in [4.69, 9.17) is 9.15 Å². The van der Waals surface area contributed by atoms with E-state index >= 15 is 0 Å². The number of para-hydroxylation sites is 1. The summed E-state index contributed by atoms with van der Waals surface area (Å²) in [5.74, 6) is 0.124. The number of oxazole rings is 1. The SMILES string of the molecule is COC(=O)c1cccc(-c2nc3c(C)cccc3o2)c1. The number of fused-ring (bicyclic) bond motifs is 1. The Morgan fingerprint density at radius 2 is 2.00 bits per heavy atom. The summed E-state index contributed by atoms with van der Waals surface area (Å²) < 4.78 is 10.5. The fourth-order valence-corrected chi connectivity index (χ4v) is 2.11. The monoisotopic (exact) mass is 267 g/mol. The largest absolute Gasteiger partial charge is 0.465 e. The number of nitrogens with zero attached hydrogens (tertiary/aromatic N) is 1. The van der Waals surface area contributed by atoms with E-state index in [1.807, 2.05) is 31.2 Å². The van der Waals surface area contributed by atoms with Crippen molar-refractivity contribution in [1.29, 1.82) is 0 Å². The molecule has 0 aliphatic rings. The molecular formula is C16H13NO3. The number of rotatable bonds is 2. The van der Waals surface area contributed by atoms with Crippen LogP contribution < -0.4 is 0 Å². The number of hydrogen-bond donors (Lipinski definition) is 0. The Bertz CT molecular complexity index is 789.